The van der Waals surface area contributed by atoms with Crippen LogP contribution in [-0.4, -0.2) is 11.3 Å². The summed E-state index contributed by atoms with van der Waals surface area (Å²) in [6, 6.07) is 32.2. The zero-order chi connectivity index (χ0) is 22.4. The lowest BCUT2D eigenvalue weighted by molar-refractivity contribution is 0.771. The van der Waals surface area contributed by atoms with Gasteiger partial charge >= 0.3 is 0 Å². The molecule has 0 radical (unpaired) electrons. The molecule has 33 heavy (non-hydrogen) atoms. The van der Waals surface area contributed by atoms with Crippen LogP contribution in [0.3, 0.4) is 0 Å². The number of thiophene rings is 1. The summed E-state index contributed by atoms with van der Waals surface area (Å²) in [5.74, 6) is 0. The van der Waals surface area contributed by atoms with Crippen molar-refractivity contribution in [2.24, 2.45) is 0 Å². The van der Waals surface area contributed by atoms with E-state index in [1.54, 1.807) is 26.4 Å². The molecule has 3 heterocycles. The topological polar surface area (TPSA) is 0 Å². The molecule has 2 saturated heterocycles. The van der Waals surface area contributed by atoms with Crippen molar-refractivity contribution < 1.29 is 0 Å². The van der Waals surface area contributed by atoms with Gasteiger partial charge in [-0.3, -0.25) is 0 Å². The molecule has 168 valence electrons. The summed E-state index contributed by atoms with van der Waals surface area (Å²) < 4.78 is 3.31. The first-order valence-electron chi connectivity index (χ1n) is 12.4. The largest absolute Gasteiger partial charge is 0.135 e. The van der Waals surface area contributed by atoms with E-state index in [0.29, 0.717) is 11.3 Å². The minimum Gasteiger partial charge on any atom is -0.135 e. The average Bonchev–Trinajstić information content (AvgIpc) is 3.54. The number of benzene rings is 3. The smallest absolute Gasteiger partial charge is 0.0376 e. The van der Waals surface area contributed by atoms with Gasteiger partial charge in [-0.05, 0) is 54.2 Å². The summed E-state index contributed by atoms with van der Waals surface area (Å²) in [4.78, 5) is 0. The van der Waals surface area contributed by atoms with Crippen molar-refractivity contribution >= 4 is 47.2 Å². The van der Waals surface area contributed by atoms with Crippen molar-refractivity contribution in [3.8, 4) is 0 Å². The van der Waals surface area contributed by atoms with Crippen LogP contribution in [0.1, 0.15) is 62.0 Å². The quantitative estimate of drug-likeness (QED) is 0.253. The third kappa shape index (κ3) is 3.91. The summed E-state index contributed by atoms with van der Waals surface area (Å²) >= 11 is 2.15. The van der Waals surface area contributed by atoms with E-state index in [2.05, 4.69) is 110 Å². The maximum Gasteiger partial charge on any atom is 0.0376 e. The molecule has 6 rings (SSSR count). The zero-order valence-corrected chi connectivity index (χ0v) is 22.1. The fourth-order valence-electron chi connectivity index (χ4n) is 6.14. The van der Waals surface area contributed by atoms with Crippen molar-refractivity contribution in [2.75, 3.05) is 0 Å². The van der Waals surface area contributed by atoms with E-state index in [0.717, 1.165) is 11.3 Å². The molecule has 2 fully saturated rings. The van der Waals surface area contributed by atoms with Crippen molar-refractivity contribution in [3.63, 3.8) is 0 Å². The molecule has 2 unspecified atom stereocenters. The molecule has 0 bridgehead atoms. The summed E-state index contributed by atoms with van der Waals surface area (Å²) in [7, 11) is -0.418. The third-order valence-electron chi connectivity index (χ3n) is 7.75. The minimum absolute atomic E-state index is 0.197. The number of rotatable bonds is 4. The predicted octanol–water partition coefficient (Wildman–Crippen LogP) is 8.96. The highest BCUT2D eigenvalue weighted by molar-refractivity contribution is 7.78. The lowest BCUT2D eigenvalue weighted by atomic mass is 10.1. The first-order chi connectivity index (χ1) is 16.2. The second-order valence-corrected chi connectivity index (χ2v) is 16.7. The average molecular weight is 487 g/mol. The molecule has 0 amide bonds. The Morgan fingerprint density at radius 1 is 0.606 bits per heavy atom. The summed E-state index contributed by atoms with van der Waals surface area (Å²) in [6.07, 6.45) is 5.43. The Morgan fingerprint density at radius 3 is 1.76 bits per heavy atom. The van der Waals surface area contributed by atoms with Gasteiger partial charge in [-0.1, -0.05) is 109 Å². The van der Waals surface area contributed by atoms with E-state index in [4.69, 9.17) is 0 Å². The molecule has 2 aliphatic heterocycles. The summed E-state index contributed by atoms with van der Waals surface area (Å²) in [5, 5.41) is 3.37. The molecule has 6 atom stereocenters. The first kappa shape index (κ1) is 22.0. The van der Waals surface area contributed by atoms with E-state index in [9.17, 15) is 0 Å². The van der Waals surface area contributed by atoms with Gasteiger partial charge in [0.25, 0.3) is 0 Å². The van der Waals surface area contributed by atoms with Crippen LogP contribution in [0, 0.1) is 0 Å². The van der Waals surface area contributed by atoms with Gasteiger partial charge in [0.2, 0.25) is 0 Å². The van der Waals surface area contributed by atoms with E-state index in [-0.39, 0.29) is 15.8 Å². The van der Waals surface area contributed by atoms with Crippen LogP contribution < -0.4 is 9.92 Å². The van der Waals surface area contributed by atoms with Crippen LogP contribution in [0.5, 0.6) is 0 Å². The lowest BCUT2D eigenvalue weighted by Crippen LogP contribution is -2.23. The van der Waals surface area contributed by atoms with Gasteiger partial charge in [0.1, 0.15) is 0 Å². The molecule has 0 saturated carbocycles. The summed E-state index contributed by atoms with van der Waals surface area (Å²) in [5.41, 5.74) is 6.16. The normalized spacial score (nSPS) is 29.6. The van der Waals surface area contributed by atoms with Gasteiger partial charge in [-0.15, -0.1) is 11.3 Å². The Bertz CT molecular complexity index is 1230. The zero-order valence-electron chi connectivity index (χ0n) is 19.5. The maximum atomic E-state index is 2.55. The van der Waals surface area contributed by atoms with Crippen LogP contribution in [-0.2, 0) is 0 Å². The van der Waals surface area contributed by atoms with Crippen LogP contribution in [0.2, 0.25) is 0 Å². The van der Waals surface area contributed by atoms with Gasteiger partial charge < -0.3 is 0 Å². The molecule has 0 spiro atoms. The molecule has 2 aliphatic rings. The van der Waals surface area contributed by atoms with Crippen LogP contribution in [0.4, 0.5) is 0 Å². The van der Waals surface area contributed by atoms with Crippen molar-refractivity contribution in [3.05, 3.63) is 96.1 Å². The third-order valence-corrected chi connectivity index (χ3v) is 16.5. The Hall–Kier alpha value is -1.52. The van der Waals surface area contributed by atoms with Crippen molar-refractivity contribution in [1.29, 1.82) is 0 Å². The summed E-state index contributed by atoms with van der Waals surface area (Å²) in [6.45, 7) is 5.09. The van der Waals surface area contributed by atoms with Gasteiger partial charge in [0.15, 0.2) is 0 Å². The standard InChI is InChI=1S/C30H32P2S/c1-21-17-19-26(23-11-5-3-6-12-23)31(21)29-25-15-9-10-16-28(25)33-30(29)32-22(2)18-20-27(32)24-13-7-4-8-14-24/h3-16,21-22,26-27H,17-20H2,1-2H3/t21-,22-,26+,27+,31?,32?/m0/s1. The molecule has 0 aliphatic carbocycles. The van der Waals surface area contributed by atoms with E-state index < -0.39 is 0 Å². The van der Waals surface area contributed by atoms with Gasteiger partial charge in [0.05, 0.1) is 0 Å². The molecule has 1 aromatic heterocycles. The molecule has 3 heteroatoms. The van der Waals surface area contributed by atoms with Gasteiger partial charge in [-0.25, -0.2) is 0 Å². The molecule has 0 nitrogen and oxygen atoms in total. The van der Waals surface area contributed by atoms with Crippen molar-refractivity contribution in [1.82, 2.24) is 0 Å². The minimum atomic E-state index is -0.221. The lowest BCUT2D eigenvalue weighted by Gasteiger charge is -2.30. The molecular formula is C30H32P2S. The van der Waals surface area contributed by atoms with E-state index in [1.165, 1.54) is 30.4 Å². The molecule has 0 N–H and O–H groups in total. The highest BCUT2D eigenvalue weighted by Crippen LogP contribution is 2.68. The van der Waals surface area contributed by atoms with Crippen LogP contribution >= 0.6 is 27.2 Å². The molecular weight excluding hydrogens is 454 g/mol. The number of hydrogen-bond acceptors (Lipinski definition) is 1. The monoisotopic (exact) mass is 486 g/mol. The number of fused-ring (bicyclic) bond motifs is 1. The van der Waals surface area contributed by atoms with Crippen LogP contribution in [0.25, 0.3) is 10.1 Å². The molecule has 4 aromatic rings. The number of hydrogen-bond donors (Lipinski definition) is 0. The molecule has 3 aromatic carbocycles. The highest BCUT2D eigenvalue weighted by atomic mass is 32.1. The Balaban J connectivity index is 1.53. The Morgan fingerprint density at radius 2 is 1.12 bits per heavy atom. The van der Waals surface area contributed by atoms with E-state index in [1.807, 2.05) is 0 Å². The Kier molecular flexibility index (Phi) is 6.17. The fourth-order valence-corrected chi connectivity index (χ4v) is 16.3. The maximum absolute atomic E-state index is 2.55. The van der Waals surface area contributed by atoms with E-state index >= 15 is 0 Å². The van der Waals surface area contributed by atoms with Gasteiger partial charge in [-0.2, -0.15) is 0 Å². The van der Waals surface area contributed by atoms with Crippen LogP contribution in [0.15, 0.2) is 84.9 Å². The fraction of sp³-hybridized carbons (Fsp3) is 0.333. The second kappa shape index (κ2) is 9.26. The van der Waals surface area contributed by atoms with Gasteiger partial charge in [0, 0.05) is 31.3 Å². The van der Waals surface area contributed by atoms with Crippen molar-refractivity contribution in [2.45, 2.75) is 62.2 Å². The Labute approximate surface area is 205 Å². The first-order valence-corrected chi connectivity index (χ1v) is 16.2. The second-order valence-electron chi connectivity index (χ2n) is 9.77. The SMILES string of the molecule is C[C@H]1CC[C@H](c2ccccc2)P1c1sc2ccccc2c1P1[C@@H](c2ccccc2)CC[C@@H]1C. The predicted molar refractivity (Wildman–Crippen MR) is 151 cm³/mol. The highest BCUT2D eigenvalue weighted by Gasteiger charge is 2.43.